The number of unbranched alkanes of at least 4 members (excludes halogenated alkanes) is 4. The SMILES string of the molecule is COc1ccc(C(OC[C@@H](COCCCCCCCO[C@@H]2O[C@H](COC(C)=O)[C@H](OC(C)=O)[C@H](OC(C)=O)[C@H]2CC(N)=O)OP(CCC#N)N(C(C)C)C(C)C)(c2ccccc2)c2ccc(OC)cc2)cc1. The van der Waals surface area contributed by atoms with Gasteiger partial charge in [-0.25, -0.2) is 0 Å². The Kier molecular flexibility index (Phi) is 25.4. The van der Waals surface area contributed by atoms with Crippen molar-refractivity contribution in [3.8, 4) is 17.6 Å². The van der Waals surface area contributed by atoms with Crippen LogP contribution in [0.2, 0.25) is 0 Å². The number of primary amides is 1. The van der Waals surface area contributed by atoms with E-state index in [0.29, 0.717) is 37.1 Å². The van der Waals surface area contributed by atoms with Gasteiger partial charge in [-0.05, 0) is 81.5 Å². The van der Waals surface area contributed by atoms with Crippen LogP contribution in [-0.4, -0.2) is 125 Å². The Bertz CT molecular complexity index is 2080. The third-order valence-electron chi connectivity index (χ3n) is 11.9. The van der Waals surface area contributed by atoms with Gasteiger partial charge < -0.3 is 52.9 Å². The zero-order valence-electron chi connectivity index (χ0n) is 43.5. The molecule has 0 spiro atoms. The van der Waals surface area contributed by atoms with Crippen LogP contribution in [0.1, 0.15) is 110 Å². The van der Waals surface area contributed by atoms with E-state index >= 15 is 0 Å². The third-order valence-corrected chi connectivity index (χ3v) is 14.5. The molecule has 2 N–H and O–H groups in total. The minimum Gasteiger partial charge on any atom is -0.497 e. The number of benzene rings is 3. The molecule has 1 heterocycles. The lowest BCUT2D eigenvalue weighted by Crippen LogP contribution is -2.59. The Morgan fingerprint density at radius 3 is 1.79 bits per heavy atom. The maximum Gasteiger partial charge on any atom is 0.303 e. The third kappa shape index (κ3) is 18.1. The van der Waals surface area contributed by atoms with Crippen molar-refractivity contribution >= 4 is 32.1 Å². The summed E-state index contributed by atoms with van der Waals surface area (Å²) in [5, 5.41) is 9.72. The molecule has 1 unspecified atom stereocenters. The van der Waals surface area contributed by atoms with E-state index in [9.17, 15) is 24.4 Å². The summed E-state index contributed by atoms with van der Waals surface area (Å²) in [6.45, 7) is 13.0. The highest BCUT2D eigenvalue weighted by Gasteiger charge is 2.51. The number of hydrogen-bond donors (Lipinski definition) is 1. The van der Waals surface area contributed by atoms with Gasteiger partial charge >= 0.3 is 17.9 Å². The van der Waals surface area contributed by atoms with Gasteiger partial charge in [0, 0.05) is 65.1 Å². The van der Waals surface area contributed by atoms with Gasteiger partial charge in [-0.15, -0.1) is 0 Å². The molecule has 18 heteroatoms. The largest absolute Gasteiger partial charge is 0.497 e. The Morgan fingerprint density at radius 2 is 1.28 bits per heavy atom. The van der Waals surface area contributed by atoms with Crippen LogP contribution in [0.5, 0.6) is 11.5 Å². The monoisotopic (exact) mass is 1020 g/mol. The molecule has 17 nitrogen and oxygen atoms in total. The van der Waals surface area contributed by atoms with Crippen LogP contribution in [0.4, 0.5) is 0 Å². The first-order valence-corrected chi connectivity index (χ1v) is 26.1. The first-order valence-electron chi connectivity index (χ1n) is 24.7. The van der Waals surface area contributed by atoms with Crippen LogP contribution < -0.4 is 15.2 Å². The van der Waals surface area contributed by atoms with Crippen molar-refractivity contribution in [2.75, 3.05) is 53.4 Å². The number of methoxy groups -OCH3 is 2. The smallest absolute Gasteiger partial charge is 0.303 e. The molecule has 0 aliphatic carbocycles. The molecule has 3 aromatic carbocycles. The van der Waals surface area contributed by atoms with Crippen molar-refractivity contribution in [1.29, 1.82) is 5.26 Å². The van der Waals surface area contributed by atoms with E-state index in [4.69, 9.17) is 52.9 Å². The minimum atomic E-state index is -1.23. The highest BCUT2D eigenvalue weighted by atomic mass is 31.2. The van der Waals surface area contributed by atoms with Crippen molar-refractivity contribution in [2.24, 2.45) is 11.7 Å². The van der Waals surface area contributed by atoms with Crippen molar-refractivity contribution in [3.63, 3.8) is 0 Å². The number of ether oxygens (including phenoxy) is 9. The second-order valence-corrected chi connectivity index (χ2v) is 20.0. The molecule has 1 amide bonds. The van der Waals surface area contributed by atoms with Crippen LogP contribution >= 0.6 is 8.30 Å². The van der Waals surface area contributed by atoms with Gasteiger partial charge in [-0.3, -0.25) is 23.8 Å². The van der Waals surface area contributed by atoms with Gasteiger partial charge in [0.25, 0.3) is 0 Å². The molecule has 0 radical (unpaired) electrons. The summed E-state index contributed by atoms with van der Waals surface area (Å²) in [6, 6.07) is 28.5. The zero-order chi connectivity index (χ0) is 52.6. The number of rotatable bonds is 32. The lowest BCUT2D eigenvalue weighted by molar-refractivity contribution is -0.291. The number of carbonyl (C=O) groups is 4. The van der Waals surface area contributed by atoms with Gasteiger partial charge in [-0.1, -0.05) is 73.9 Å². The maximum atomic E-state index is 12.2. The van der Waals surface area contributed by atoms with Crippen molar-refractivity contribution < 1.29 is 66.3 Å². The zero-order valence-corrected chi connectivity index (χ0v) is 44.3. The Hall–Kier alpha value is -5.18. The fraction of sp³-hybridized carbons (Fsp3) is 0.574. The van der Waals surface area contributed by atoms with Crippen molar-refractivity contribution in [3.05, 3.63) is 95.6 Å². The summed E-state index contributed by atoms with van der Waals surface area (Å²) in [6.07, 6.45) is -0.406. The molecule has 0 saturated carbocycles. The maximum absolute atomic E-state index is 12.2. The molecule has 1 fully saturated rings. The average Bonchev–Trinajstić information content (AvgIpc) is 3.34. The molecule has 1 saturated heterocycles. The second kappa shape index (κ2) is 30.8. The van der Waals surface area contributed by atoms with E-state index < -0.39 is 74.3 Å². The summed E-state index contributed by atoms with van der Waals surface area (Å²) < 4.78 is 62.8. The van der Waals surface area contributed by atoms with E-state index in [1.165, 1.54) is 20.8 Å². The number of hydrogen-bond acceptors (Lipinski definition) is 16. The molecule has 4 rings (SSSR count). The number of amides is 1. The topological polar surface area (TPSA) is 214 Å². The standard InChI is InChI=1S/C54H76N3O14P/c1-37(2)57(38(3)4)72(32-18-29-55)71-47(35-67-54(42-19-14-13-15-20-42,43-21-25-45(62-8)26-22-43)44-23-27-46(63-9)28-24-44)34-64-30-16-11-10-12-17-31-65-53-48(33-50(56)61)51(68-40(6)59)52(69-41(7)60)49(70-53)36-66-39(5)58/h13-15,19-28,37-38,47-49,51-53H,10-12,16-18,30-36H2,1-9H3,(H2,56,61)/t47-,48-,49-,51-,52+,53-,72?/m1/s1. The van der Waals surface area contributed by atoms with Crippen LogP contribution in [0.25, 0.3) is 0 Å². The molecule has 1 aliphatic rings. The van der Waals surface area contributed by atoms with Gasteiger partial charge in [0.2, 0.25) is 5.91 Å². The average molecular weight is 1020 g/mol. The number of esters is 3. The number of nitrogens with zero attached hydrogens (tertiary/aromatic N) is 2. The van der Waals surface area contributed by atoms with Gasteiger partial charge in [0.15, 0.2) is 12.4 Å². The van der Waals surface area contributed by atoms with Crippen LogP contribution in [0.15, 0.2) is 78.9 Å². The molecular formula is C54H76N3O14P. The minimum absolute atomic E-state index is 0.157. The van der Waals surface area contributed by atoms with Crippen LogP contribution in [0, 0.1) is 17.2 Å². The first-order chi connectivity index (χ1) is 34.5. The molecule has 3 aromatic rings. The molecule has 72 heavy (non-hydrogen) atoms. The summed E-state index contributed by atoms with van der Waals surface area (Å²) in [5.74, 6) is -2.12. The van der Waals surface area contributed by atoms with Crippen LogP contribution in [-0.2, 0) is 62.5 Å². The predicted molar refractivity (Wildman–Crippen MR) is 271 cm³/mol. The number of nitrogens with two attached hydrogens (primary N) is 1. The van der Waals surface area contributed by atoms with Gasteiger partial charge in [0.1, 0.15) is 50.3 Å². The van der Waals surface area contributed by atoms with Gasteiger partial charge in [0.05, 0.1) is 39.4 Å². The summed E-state index contributed by atoms with van der Waals surface area (Å²) in [4.78, 5) is 48.2. The lowest BCUT2D eigenvalue weighted by atomic mass is 9.80. The molecule has 0 bridgehead atoms. The van der Waals surface area contributed by atoms with Crippen molar-refractivity contribution in [1.82, 2.24) is 4.67 Å². The Balaban J connectivity index is 1.47. The van der Waals surface area contributed by atoms with E-state index in [2.05, 4.69) is 50.6 Å². The fourth-order valence-corrected chi connectivity index (χ4v) is 11.1. The summed E-state index contributed by atoms with van der Waals surface area (Å²) in [7, 11) is 2.05. The number of nitriles is 1. The second-order valence-electron chi connectivity index (χ2n) is 18.1. The summed E-state index contributed by atoms with van der Waals surface area (Å²) >= 11 is 0. The van der Waals surface area contributed by atoms with E-state index in [-0.39, 0.29) is 44.9 Å². The van der Waals surface area contributed by atoms with E-state index in [0.717, 1.165) is 42.4 Å². The molecular weight excluding hydrogens is 946 g/mol. The molecule has 396 valence electrons. The van der Waals surface area contributed by atoms with E-state index in [1.54, 1.807) is 14.2 Å². The van der Waals surface area contributed by atoms with Crippen LogP contribution in [0.3, 0.4) is 0 Å². The Labute approximate surface area is 427 Å². The fourth-order valence-electron chi connectivity index (χ4n) is 8.89. The normalized spacial score (nSPS) is 18.8. The molecule has 0 aromatic heterocycles. The highest BCUT2D eigenvalue weighted by Crippen LogP contribution is 2.48. The quantitative estimate of drug-likeness (QED) is 0.0204. The van der Waals surface area contributed by atoms with Crippen molar-refractivity contribution in [2.45, 2.75) is 142 Å². The number of carbonyl (C=O) groups excluding carboxylic acids is 4. The molecule has 1 aliphatic heterocycles. The first kappa shape index (κ1) is 59.4. The van der Waals surface area contributed by atoms with E-state index in [1.807, 2.05) is 66.7 Å². The van der Waals surface area contributed by atoms with Gasteiger partial charge in [-0.2, -0.15) is 5.26 Å². The Morgan fingerprint density at radius 1 is 0.736 bits per heavy atom. The summed E-state index contributed by atoms with van der Waals surface area (Å²) in [5.41, 5.74) is 7.22. The molecule has 7 atom stereocenters. The highest BCUT2D eigenvalue weighted by molar-refractivity contribution is 7.50. The predicted octanol–water partition coefficient (Wildman–Crippen LogP) is 8.37. The lowest BCUT2D eigenvalue weighted by Gasteiger charge is -2.44.